The van der Waals surface area contributed by atoms with E-state index in [9.17, 15) is 21.6 Å². The summed E-state index contributed by atoms with van der Waals surface area (Å²) in [6.07, 6.45) is 5.83. The molecule has 1 saturated carbocycles. The zero-order chi connectivity index (χ0) is 29.3. The van der Waals surface area contributed by atoms with Crippen molar-refractivity contribution in [3.05, 3.63) is 60.7 Å². The van der Waals surface area contributed by atoms with E-state index in [1.807, 2.05) is 29.4 Å². The maximum Gasteiger partial charge on any atom is 0.573 e. The number of aromatic amines is 1. The van der Waals surface area contributed by atoms with Gasteiger partial charge in [-0.1, -0.05) is 0 Å². The summed E-state index contributed by atoms with van der Waals surface area (Å²) in [6.45, 7) is 1.58. The van der Waals surface area contributed by atoms with E-state index in [-0.39, 0.29) is 23.5 Å². The number of H-pyrrole nitrogens is 1. The first-order valence-electron chi connectivity index (χ1n) is 14.2. The number of piperidine rings is 1. The molecule has 1 aromatic carbocycles. The number of pyridine rings is 2. The van der Waals surface area contributed by atoms with Crippen LogP contribution in [0.4, 0.5) is 13.2 Å². The summed E-state index contributed by atoms with van der Waals surface area (Å²) in [4.78, 5) is 14.8. The van der Waals surface area contributed by atoms with E-state index in [4.69, 9.17) is 4.74 Å². The molecule has 0 radical (unpaired) electrons. The summed E-state index contributed by atoms with van der Waals surface area (Å²) < 4.78 is 72.1. The van der Waals surface area contributed by atoms with Crippen LogP contribution in [0.25, 0.3) is 21.8 Å². The maximum atomic E-state index is 12.5. The van der Waals surface area contributed by atoms with E-state index in [2.05, 4.69) is 19.7 Å². The van der Waals surface area contributed by atoms with Crippen molar-refractivity contribution in [3.63, 3.8) is 0 Å². The third-order valence-corrected chi connectivity index (χ3v) is 9.30. The van der Waals surface area contributed by atoms with Crippen molar-refractivity contribution >= 4 is 37.1 Å². The lowest BCUT2D eigenvalue weighted by atomic mass is 9.78. The Morgan fingerprint density at radius 1 is 1.00 bits per heavy atom. The lowest BCUT2D eigenvalue weighted by molar-refractivity contribution is -0.274. The van der Waals surface area contributed by atoms with Gasteiger partial charge in [-0.2, -0.15) is 8.42 Å². The van der Waals surface area contributed by atoms with Crippen LogP contribution in [0.1, 0.15) is 50.1 Å². The Balaban J connectivity index is 1.09. The molecule has 1 unspecified atom stereocenters. The molecule has 0 spiro atoms. The molecule has 1 N–H and O–H groups in total. The summed E-state index contributed by atoms with van der Waals surface area (Å²) in [5, 5.41) is 3.23. The van der Waals surface area contributed by atoms with Crippen molar-refractivity contribution in [1.82, 2.24) is 19.9 Å². The van der Waals surface area contributed by atoms with Crippen molar-refractivity contribution < 1.29 is 31.1 Å². The standard InChI is InChI=1S/C30H31F3N4O4S/c31-30(32,33)41-24-9-7-23(8-10-24)40-18-19-2-1-15-37(17-19)29(42(38)39)21-5-3-20(4-6-21)27-26-22(11-13-34-27)16-36-28-25(26)12-14-35-28/h7-14,16,19-21,34H,1-6,15,17-18H2. The molecule has 1 atom stereocenters. The summed E-state index contributed by atoms with van der Waals surface area (Å²) in [7, 11) is -2.33. The first kappa shape index (κ1) is 28.5. The molecule has 0 amide bonds. The number of aromatic nitrogens is 3. The van der Waals surface area contributed by atoms with Crippen LogP contribution in [0.2, 0.25) is 0 Å². The Morgan fingerprint density at radius 3 is 2.50 bits per heavy atom. The molecular formula is C30H31F3N4O4S. The molecule has 8 nitrogen and oxygen atoms in total. The quantitative estimate of drug-likeness (QED) is 0.268. The number of likely N-dealkylation sites (tertiary alicyclic amines) is 1. The van der Waals surface area contributed by atoms with Crippen LogP contribution in [0.3, 0.4) is 0 Å². The van der Waals surface area contributed by atoms with E-state index in [0.717, 1.165) is 66.0 Å². The average Bonchev–Trinajstić information content (AvgIpc) is 3.46. The second kappa shape index (κ2) is 11.9. The molecular weight excluding hydrogens is 569 g/mol. The van der Waals surface area contributed by atoms with Gasteiger partial charge in [0.1, 0.15) is 16.5 Å². The lowest BCUT2D eigenvalue weighted by Crippen LogP contribution is -2.45. The van der Waals surface area contributed by atoms with Crippen LogP contribution in [0, 0.1) is 11.8 Å². The molecule has 4 heterocycles. The number of nitrogens with one attached hydrogen (secondary N) is 1. The van der Waals surface area contributed by atoms with Crippen LogP contribution in [0.5, 0.6) is 11.5 Å². The fourth-order valence-electron chi connectivity index (χ4n) is 6.50. The summed E-state index contributed by atoms with van der Waals surface area (Å²) in [6, 6.07) is 9.31. The molecule has 0 bridgehead atoms. The molecule has 1 aliphatic heterocycles. The highest BCUT2D eigenvalue weighted by Gasteiger charge is 2.34. The van der Waals surface area contributed by atoms with E-state index >= 15 is 0 Å². The number of hydrogen-bond donors (Lipinski definition) is 1. The number of rotatable bonds is 6. The molecule has 222 valence electrons. The van der Waals surface area contributed by atoms with E-state index in [1.165, 1.54) is 24.3 Å². The van der Waals surface area contributed by atoms with Gasteiger partial charge in [-0.15, -0.1) is 13.2 Å². The van der Waals surface area contributed by atoms with Crippen molar-refractivity contribution in [2.24, 2.45) is 11.8 Å². The molecule has 4 aromatic rings. The third kappa shape index (κ3) is 6.24. The van der Waals surface area contributed by atoms with Gasteiger partial charge in [-0.25, -0.2) is 9.97 Å². The van der Waals surface area contributed by atoms with Gasteiger partial charge in [-0.3, -0.25) is 4.90 Å². The van der Waals surface area contributed by atoms with Gasteiger partial charge >= 0.3 is 6.36 Å². The molecule has 42 heavy (non-hydrogen) atoms. The Bertz CT molecular complexity index is 1690. The molecule has 12 heteroatoms. The molecule has 2 aliphatic rings. The van der Waals surface area contributed by atoms with Gasteiger partial charge in [0.25, 0.3) is 0 Å². The van der Waals surface area contributed by atoms with Gasteiger partial charge in [0, 0.05) is 65.4 Å². The average molecular weight is 601 g/mol. The fourth-order valence-corrected chi connectivity index (χ4v) is 7.38. The number of fused-ring (bicyclic) bond motifs is 3. The van der Waals surface area contributed by atoms with E-state index in [0.29, 0.717) is 30.4 Å². The highest BCUT2D eigenvalue weighted by atomic mass is 32.2. The topological polar surface area (TPSA) is 97.4 Å². The molecule has 3 aromatic heterocycles. The first-order valence-corrected chi connectivity index (χ1v) is 15.2. The predicted octanol–water partition coefficient (Wildman–Crippen LogP) is 6.08. The SMILES string of the molecule is O=S(=O)=C(C1CCC(c2[nH]ccc3cnc4nccc4c23)CC1)N1CCCC(COc2ccc(OC(F)(F)F)cc2)C1. The number of benzene rings is 1. The molecule has 6 rings (SSSR count). The summed E-state index contributed by atoms with van der Waals surface area (Å²) >= 11 is 0. The minimum atomic E-state index is -4.75. The zero-order valence-electron chi connectivity index (χ0n) is 22.8. The monoisotopic (exact) mass is 600 g/mol. The van der Waals surface area contributed by atoms with Gasteiger partial charge in [0.15, 0.2) is 5.65 Å². The Kier molecular flexibility index (Phi) is 8.09. The number of ether oxygens (including phenoxy) is 2. The predicted molar refractivity (Wildman–Crippen MR) is 153 cm³/mol. The fraction of sp³-hybridized carbons (Fsp3) is 0.433. The van der Waals surface area contributed by atoms with Gasteiger partial charge < -0.3 is 14.5 Å². The van der Waals surface area contributed by atoms with Crippen LogP contribution in [0.15, 0.2) is 55.0 Å². The largest absolute Gasteiger partial charge is 0.573 e. The van der Waals surface area contributed by atoms with Crippen LogP contribution in [-0.4, -0.2) is 59.3 Å². The number of hydrogen-bond acceptors (Lipinski definition) is 6. The highest BCUT2D eigenvalue weighted by molar-refractivity contribution is 7.72. The second-order valence-electron chi connectivity index (χ2n) is 11.1. The van der Waals surface area contributed by atoms with Crippen LogP contribution in [-0.2, 0) is 10.3 Å². The van der Waals surface area contributed by atoms with Crippen molar-refractivity contribution in [2.45, 2.75) is 50.8 Å². The summed E-state index contributed by atoms with van der Waals surface area (Å²) in [5.41, 5.74) is 1.88. The first-order chi connectivity index (χ1) is 20.2. The number of alkyl halides is 3. The van der Waals surface area contributed by atoms with E-state index < -0.39 is 16.7 Å². The molecule has 1 saturated heterocycles. The Morgan fingerprint density at radius 2 is 1.76 bits per heavy atom. The number of nitrogens with zero attached hydrogens (tertiary/aromatic N) is 3. The number of halogens is 3. The molecule has 2 fully saturated rings. The summed E-state index contributed by atoms with van der Waals surface area (Å²) in [5.74, 6) is 0.462. The molecule has 1 aliphatic carbocycles. The minimum absolute atomic E-state index is 0.0438. The van der Waals surface area contributed by atoms with Gasteiger partial charge in [0.2, 0.25) is 10.3 Å². The van der Waals surface area contributed by atoms with Crippen molar-refractivity contribution in [2.75, 3.05) is 19.7 Å². The van der Waals surface area contributed by atoms with Crippen LogP contribution < -0.4 is 9.47 Å². The lowest BCUT2D eigenvalue weighted by Gasteiger charge is -2.37. The Labute approximate surface area is 242 Å². The minimum Gasteiger partial charge on any atom is -0.493 e. The van der Waals surface area contributed by atoms with Gasteiger partial charge in [0.05, 0.1) is 6.61 Å². The van der Waals surface area contributed by atoms with E-state index in [1.54, 1.807) is 6.20 Å². The van der Waals surface area contributed by atoms with Gasteiger partial charge in [-0.05, 0) is 80.8 Å². The Hall–Kier alpha value is -3.64. The van der Waals surface area contributed by atoms with Crippen molar-refractivity contribution in [3.8, 4) is 11.5 Å². The normalized spacial score (nSPS) is 21.8. The highest BCUT2D eigenvalue weighted by Crippen LogP contribution is 2.40. The van der Waals surface area contributed by atoms with Crippen molar-refractivity contribution in [1.29, 1.82) is 0 Å². The maximum absolute atomic E-state index is 12.5. The second-order valence-corrected chi connectivity index (χ2v) is 12.0. The zero-order valence-corrected chi connectivity index (χ0v) is 23.6. The third-order valence-electron chi connectivity index (χ3n) is 8.36. The van der Waals surface area contributed by atoms with Crippen LogP contribution >= 0.6 is 0 Å². The smallest absolute Gasteiger partial charge is 0.493 e.